The zero-order chi connectivity index (χ0) is 14.4. The van der Waals surface area contributed by atoms with Crippen molar-refractivity contribution in [3.63, 3.8) is 0 Å². The first-order chi connectivity index (χ1) is 8.70. The average molecular weight is 276 g/mol. The summed E-state index contributed by atoms with van der Waals surface area (Å²) in [4.78, 5) is 16.6. The number of nitrogens with zero attached hydrogens (tertiary/aromatic N) is 1. The molecule has 0 saturated heterocycles. The molecule has 100 valence electrons. The average Bonchev–Trinajstić information content (AvgIpc) is 2.25. The van der Waals surface area contributed by atoms with Gasteiger partial charge in [-0.15, -0.1) is 0 Å². The molecule has 0 aliphatic heterocycles. The molecule has 1 aromatic heterocycles. The summed E-state index contributed by atoms with van der Waals surface area (Å²) in [7, 11) is 0. The summed E-state index contributed by atoms with van der Waals surface area (Å²) < 4.78 is 0. The third-order valence-electron chi connectivity index (χ3n) is 3.22. The van der Waals surface area contributed by atoms with Gasteiger partial charge in [0.05, 0.1) is 5.52 Å². The quantitative estimate of drug-likeness (QED) is 0.706. The van der Waals surface area contributed by atoms with Crippen molar-refractivity contribution in [2.45, 2.75) is 40.0 Å². The number of Topliss-reactive ketones (excluding diaryl/α,β-unsaturated/α-hetero) is 1. The van der Waals surface area contributed by atoms with Crippen molar-refractivity contribution in [1.82, 2.24) is 4.98 Å². The van der Waals surface area contributed by atoms with Gasteiger partial charge in [0.2, 0.25) is 0 Å². The van der Waals surface area contributed by atoms with Crippen molar-refractivity contribution in [3.05, 3.63) is 40.0 Å². The second-order valence-electron chi connectivity index (χ2n) is 5.98. The van der Waals surface area contributed by atoms with E-state index in [1.54, 1.807) is 6.92 Å². The Bertz CT molecular complexity index is 668. The molecule has 0 saturated carbocycles. The number of hydrogen-bond acceptors (Lipinski definition) is 2. The Balaban J connectivity index is 2.92. The van der Waals surface area contributed by atoms with Crippen LogP contribution in [-0.2, 0) is 5.41 Å². The summed E-state index contributed by atoms with van der Waals surface area (Å²) in [5.41, 5.74) is 3.39. The van der Waals surface area contributed by atoms with E-state index in [-0.39, 0.29) is 11.2 Å². The van der Waals surface area contributed by atoms with Crippen LogP contribution in [0.15, 0.2) is 18.2 Å². The number of carbonyl (C=O) groups is 1. The summed E-state index contributed by atoms with van der Waals surface area (Å²) in [6.45, 7) is 9.83. The van der Waals surface area contributed by atoms with Crippen LogP contribution in [0.1, 0.15) is 49.3 Å². The number of benzene rings is 1. The fourth-order valence-corrected chi connectivity index (χ4v) is 2.40. The summed E-state index contributed by atoms with van der Waals surface area (Å²) in [6.07, 6.45) is 0. The van der Waals surface area contributed by atoms with Crippen LogP contribution < -0.4 is 0 Å². The molecule has 0 radical (unpaired) electrons. The van der Waals surface area contributed by atoms with Crippen LogP contribution in [-0.4, -0.2) is 10.8 Å². The second-order valence-corrected chi connectivity index (χ2v) is 6.42. The number of aromatic nitrogens is 1. The van der Waals surface area contributed by atoms with Crippen molar-refractivity contribution in [3.8, 4) is 0 Å². The van der Waals surface area contributed by atoms with Crippen LogP contribution in [0.3, 0.4) is 0 Å². The predicted octanol–water partition coefficient (Wildman–Crippen LogP) is 4.70. The first-order valence-corrected chi connectivity index (χ1v) is 6.70. The van der Waals surface area contributed by atoms with Gasteiger partial charge in [-0.2, -0.15) is 0 Å². The van der Waals surface area contributed by atoms with Gasteiger partial charge in [0.15, 0.2) is 5.78 Å². The van der Waals surface area contributed by atoms with Crippen LogP contribution in [0, 0.1) is 6.92 Å². The van der Waals surface area contributed by atoms with Crippen molar-refractivity contribution in [2.75, 3.05) is 0 Å². The number of aryl methyl sites for hydroxylation is 1. The Kier molecular flexibility index (Phi) is 3.40. The van der Waals surface area contributed by atoms with Crippen LogP contribution in [0.5, 0.6) is 0 Å². The molecule has 1 heterocycles. The molecule has 19 heavy (non-hydrogen) atoms. The third-order valence-corrected chi connectivity index (χ3v) is 3.43. The number of halogens is 1. The van der Waals surface area contributed by atoms with Crippen LogP contribution >= 0.6 is 11.6 Å². The Morgan fingerprint density at radius 3 is 2.37 bits per heavy atom. The van der Waals surface area contributed by atoms with E-state index in [2.05, 4.69) is 20.8 Å². The summed E-state index contributed by atoms with van der Waals surface area (Å²) >= 11 is 6.09. The van der Waals surface area contributed by atoms with E-state index < -0.39 is 0 Å². The number of hydrogen-bond donors (Lipinski definition) is 0. The molecule has 0 bridgehead atoms. The first-order valence-electron chi connectivity index (χ1n) is 6.32. The number of carbonyl (C=O) groups excluding carboxylic acids is 1. The smallest absolute Gasteiger partial charge is 0.160 e. The minimum absolute atomic E-state index is 0.0413. The van der Waals surface area contributed by atoms with Crippen LogP contribution in [0.2, 0.25) is 5.02 Å². The van der Waals surface area contributed by atoms with E-state index in [0.29, 0.717) is 10.6 Å². The van der Waals surface area contributed by atoms with Gasteiger partial charge >= 0.3 is 0 Å². The van der Waals surface area contributed by atoms with E-state index >= 15 is 0 Å². The van der Waals surface area contributed by atoms with E-state index in [4.69, 9.17) is 16.6 Å². The monoisotopic (exact) mass is 275 g/mol. The maximum absolute atomic E-state index is 11.9. The molecule has 3 heteroatoms. The maximum Gasteiger partial charge on any atom is 0.160 e. The highest BCUT2D eigenvalue weighted by Gasteiger charge is 2.20. The fraction of sp³-hybridized carbons (Fsp3) is 0.375. The molecule has 2 nitrogen and oxygen atoms in total. The predicted molar refractivity (Wildman–Crippen MR) is 80.2 cm³/mol. The second kappa shape index (κ2) is 4.61. The normalized spacial score (nSPS) is 11.9. The van der Waals surface area contributed by atoms with Gasteiger partial charge in [-0.25, -0.2) is 0 Å². The lowest BCUT2D eigenvalue weighted by molar-refractivity contribution is 0.101. The zero-order valence-electron chi connectivity index (χ0n) is 12.0. The van der Waals surface area contributed by atoms with E-state index in [9.17, 15) is 4.79 Å². The molecule has 0 unspecified atom stereocenters. The van der Waals surface area contributed by atoms with Gasteiger partial charge in [0.25, 0.3) is 0 Å². The van der Waals surface area contributed by atoms with Crippen molar-refractivity contribution in [1.29, 1.82) is 0 Å². The lowest BCUT2D eigenvalue weighted by Gasteiger charge is -2.20. The molecule has 1 aromatic carbocycles. The molecule has 0 fully saturated rings. The molecule has 0 aliphatic rings. The molecule has 2 rings (SSSR count). The standard InChI is InChI=1S/C16H18ClNO/c1-9-6-11(17)7-13-12(10(2)19)8-14(16(3,4)5)18-15(9)13/h6-8H,1-5H3. The van der Waals surface area contributed by atoms with Gasteiger partial charge in [0.1, 0.15) is 0 Å². The first kappa shape index (κ1) is 14.0. The van der Waals surface area contributed by atoms with Gasteiger partial charge in [-0.3, -0.25) is 9.78 Å². The molecular formula is C16H18ClNO. The summed E-state index contributed by atoms with van der Waals surface area (Å²) in [5.74, 6) is 0.0413. The summed E-state index contributed by atoms with van der Waals surface area (Å²) in [6, 6.07) is 5.59. The lowest BCUT2D eigenvalue weighted by atomic mass is 9.89. The van der Waals surface area contributed by atoms with E-state index in [0.717, 1.165) is 22.2 Å². The SMILES string of the molecule is CC(=O)c1cc(C(C)(C)C)nc2c(C)cc(Cl)cc12. The number of fused-ring (bicyclic) bond motifs is 1. The molecule has 0 aliphatic carbocycles. The Morgan fingerprint density at radius 2 is 1.84 bits per heavy atom. The summed E-state index contributed by atoms with van der Waals surface area (Å²) in [5, 5.41) is 1.48. The maximum atomic E-state index is 11.9. The number of ketones is 1. The minimum atomic E-state index is -0.0928. The Labute approximate surface area is 118 Å². The van der Waals surface area contributed by atoms with Gasteiger partial charge in [-0.1, -0.05) is 32.4 Å². The van der Waals surface area contributed by atoms with E-state index in [1.807, 2.05) is 25.1 Å². The zero-order valence-corrected chi connectivity index (χ0v) is 12.7. The molecule has 0 spiro atoms. The number of pyridine rings is 1. The highest BCUT2D eigenvalue weighted by molar-refractivity contribution is 6.31. The minimum Gasteiger partial charge on any atom is -0.294 e. The van der Waals surface area contributed by atoms with Gasteiger partial charge in [0, 0.05) is 27.1 Å². The Hall–Kier alpha value is -1.41. The topological polar surface area (TPSA) is 30.0 Å². The highest BCUT2D eigenvalue weighted by Crippen LogP contribution is 2.30. The fourth-order valence-electron chi connectivity index (χ4n) is 2.13. The van der Waals surface area contributed by atoms with Gasteiger partial charge in [-0.05, 0) is 37.6 Å². The van der Waals surface area contributed by atoms with Crippen molar-refractivity contribution < 1.29 is 4.79 Å². The van der Waals surface area contributed by atoms with Crippen molar-refractivity contribution in [2.24, 2.45) is 0 Å². The molecule has 0 N–H and O–H groups in total. The molecular weight excluding hydrogens is 258 g/mol. The Morgan fingerprint density at radius 1 is 1.21 bits per heavy atom. The molecule has 2 aromatic rings. The van der Waals surface area contributed by atoms with Crippen molar-refractivity contribution >= 4 is 28.3 Å². The third kappa shape index (κ3) is 2.64. The van der Waals surface area contributed by atoms with E-state index in [1.165, 1.54) is 0 Å². The van der Waals surface area contributed by atoms with Gasteiger partial charge < -0.3 is 0 Å². The van der Waals surface area contributed by atoms with Crippen LogP contribution in [0.4, 0.5) is 0 Å². The highest BCUT2D eigenvalue weighted by atomic mass is 35.5. The molecule has 0 amide bonds. The largest absolute Gasteiger partial charge is 0.294 e. The lowest BCUT2D eigenvalue weighted by Crippen LogP contribution is -2.15. The molecule has 0 atom stereocenters. The van der Waals surface area contributed by atoms with Crippen LogP contribution in [0.25, 0.3) is 10.9 Å². The number of rotatable bonds is 1.